The molecule has 1 aliphatic carbocycles. The van der Waals surface area contributed by atoms with Crippen LogP contribution in [0.15, 0.2) is 0 Å². The Morgan fingerprint density at radius 3 is 2.05 bits per heavy atom. The average molecular weight is 274 g/mol. The first-order chi connectivity index (χ1) is 9.00. The molecule has 0 N–H and O–H groups in total. The fraction of sp³-hybridized carbons (Fsp3) is 0.929. The van der Waals surface area contributed by atoms with Gasteiger partial charge in [-0.1, -0.05) is 0 Å². The minimum atomic E-state index is -4.02. The van der Waals surface area contributed by atoms with Gasteiger partial charge in [0.1, 0.15) is 0 Å². The number of hydrogen-bond acceptors (Lipinski definition) is 2. The normalized spacial score (nSPS) is 31.1. The molecular formula is C14H21F3N2. The molecule has 0 aromatic heterocycles. The van der Waals surface area contributed by atoms with Gasteiger partial charge >= 0.3 is 6.18 Å². The lowest BCUT2D eigenvalue weighted by molar-refractivity contribution is -0.186. The van der Waals surface area contributed by atoms with E-state index in [0.29, 0.717) is 31.5 Å². The average Bonchev–Trinajstić information content (AvgIpc) is 2.39. The van der Waals surface area contributed by atoms with Crippen molar-refractivity contribution < 1.29 is 13.2 Å². The lowest BCUT2D eigenvalue weighted by Crippen LogP contribution is -2.45. The van der Waals surface area contributed by atoms with Crippen LogP contribution in [0.2, 0.25) is 0 Å². The molecule has 5 heteroatoms. The predicted molar refractivity (Wildman–Crippen MR) is 66.3 cm³/mol. The van der Waals surface area contributed by atoms with Crippen LogP contribution in [0.4, 0.5) is 13.2 Å². The Balaban J connectivity index is 1.76. The van der Waals surface area contributed by atoms with Crippen molar-refractivity contribution in [2.24, 2.45) is 11.8 Å². The number of piperidine rings is 1. The third-order valence-corrected chi connectivity index (χ3v) is 4.71. The highest BCUT2D eigenvalue weighted by Gasteiger charge is 2.42. The number of hydrogen-bond donors (Lipinski definition) is 0. The molecule has 0 aromatic carbocycles. The minimum Gasteiger partial charge on any atom is -0.300 e. The molecule has 2 aliphatic rings. The Kier molecular flexibility index (Phi) is 4.72. The van der Waals surface area contributed by atoms with E-state index >= 15 is 0 Å². The van der Waals surface area contributed by atoms with Gasteiger partial charge in [-0.05, 0) is 57.5 Å². The second kappa shape index (κ2) is 6.13. The molecule has 0 radical (unpaired) electrons. The maximum Gasteiger partial charge on any atom is 0.391 e. The van der Waals surface area contributed by atoms with Gasteiger partial charge in [0.2, 0.25) is 0 Å². The van der Waals surface area contributed by atoms with Crippen LogP contribution in [0.3, 0.4) is 0 Å². The second-order valence-corrected chi connectivity index (χ2v) is 5.89. The van der Waals surface area contributed by atoms with Crippen molar-refractivity contribution in [3.63, 3.8) is 0 Å². The summed E-state index contributed by atoms with van der Waals surface area (Å²) in [7, 11) is 0. The van der Waals surface area contributed by atoms with Gasteiger partial charge in [-0.2, -0.15) is 18.4 Å². The van der Waals surface area contributed by atoms with Gasteiger partial charge in [0, 0.05) is 12.5 Å². The molecule has 2 fully saturated rings. The predicted octanol–water partition coefficient (Wildman–Crippen LogP) is 3.73. The largest absolute Gasteiger partial charge is 0.391 e. The second-order valence-electron chi connectivity index (χ2n) is 5.89. The lowest BCUT2D eigenvalue weighted by atomic mass is 9.83. The molecule has 0 bridgehead atoms. The molecule has 2 rings (SSSR count). The summed E-state index contributed by atoms with van der Waals surface area (Å²) in [5, 5.41) is 8.67. The third-order valence-electron chi connectivity index (χ3n) is 4.71. The number of likely N-dealkylation sites (tertiary alicyclic amines) is 1. The maximum absolute atomic E-state index is 12.6. The summed E-state index contributed by atoms with van der Waals surface area (Å²) >= 11 is 0. The molecule has 0 unspecified atom stereocenters. The van der Waals surface area contributed by atoms with E-state index in [0.717, 1.165) is 25.7 Å². The van der Waals surface area contributed by atoms with Crippen molar-refractivity contribution in [3.05, 3.63) is 0 Å². The first kappa shape index (κ1) is 14.6. The third kappa shape index (κ3) is 3.85. The Morgan fingerprint density at radius 1 is 1.00 bits per heavy atom. The molecule has 1 aliphatic heterocycles. The first-order valence-electron chi connectivity index (χ1n) is 7.18. The zero-order chi connectivity index (χ0) is 13.9. The van der Waals surface area contributed by atoms with E-state index in [2.05, 4.69) is 11.0 Å². The zero-order valence-corrected chi connectivity index (χ0v) is 11.1. The Morgan fingerprint density at radius 2 is 1.58 bits per heavy atom. The lowest BCUT2D eigenvalue weighted by Gasteiger charge is -2.40. The first-order valence-corrected chi connectivity index (χ1v) is 7.18. The summed E-state index contributed by atoms with van der Waals surface area (Å²) in [5.41, 5.74) is 0. The quantitative estimate of drug-likeness (QED) is 0.767. The van der Waals surface area contributed by atoms with E-state index in [9.17, 15) is 13.2 Å². The summed E-state index contributed by atoms with van der Waals surface area (Å²) in [4.78, 5) is 2.24. The topological polar surface area (TPSA) is 27.0 Å². The highest BCUT2D eigenvalue weighted by Crippen LogP contribution is 2.36. The minimum absolute atomic E-state index is 0.252. The van der Waals surface area contributed by atoms with Gasteiger partial charge in [-0.3, -0.25) is 0 Å². The number of alkyl halides is 3. The SMILES string of the molecule is N#CCC1CCC(N2CCC(C(F)(F)F)CC2)CC1. The van der Waals surface area contributed by atoms with Crippen LogP contribution in [-0.4, -0.2) is 30.2 Å². The number of rotatable bonds is 2. The van der Waals surface area contributed by atoms with Crippen LogP contribution in [0.1, 0.15) is 44.9 Å². The molecule has 0 aromatic rings. The zero-order valence-electron chi connectivity index (χ0n) is 11.1. The van der Waals surface area contributed by atoms with Crippen molar-refractivity contribution in [2.45, 2.75) is 57.2 Å². The van der Waals surface area contributed by atoms with Crippen LogP contribution in [-0.2, 0) is 0 Å². The van der Waals surface area contributed by atoms with Gasteiger partial charge < -0.3 is 4.90 Å². The molecule has 19 heavy (non-hydrogen) atoms. The smallest absolute Gasteiger partial charge is 0.300 e. The molecule has 1 saturated heterocycles. The van der Waals surface area contributed by atoms with Crippen LogP contribution >= 0.6 is 0 Å². The van der Waals surface area contributed by atoms with E-state index in [1.807, 2.05) is 0 Å². The molecule has 0 amide bonds. The molecule has 108 valence electrons. The van der Waals surface area contributed by atoms with Crippen molar-refractivity contribution >= 4 is 0 Å². The molecule has 0 spiro atoms. The monoisotopic (exact) mass is 274 g/mol. The number of nitrogens with zero attached hydrogens (tertiary/aromatic N) is 2. The highest BCUT2D eigenvalue weighted by atomic mass is 19.4. The van der Waals surface area contributed by atoms with Gasteiger partial charge in [0.15, 0.2) is 0 Å². The number of halogens is 3. The van der Waals surface area contributed by atoms with Crippen LogP contribution in [0.25, 0.3) is 0 Å². The van der Waals surface area contributed by atoms with Gasteiger partial charge in [-0.15, -0.1) is 0 Å². The van der Waals surface area contributed by atoms with Crippen molar-refractivity contribution in [2.75, 3.05) is 13.1 Å². The van der Waals surface area contributed by atoms with E-state index in [1.165, 1.54) is 0 Å². The fourth-order valence-electron chi connectivity index (χ4n) is 3.44. The summed E-state index contributed by atoms with van der Waals surface area (Å²) < 4.78 is 37.8. The summed E-state index contributed by atoms with van der Waals surface area (Å²) in [6, 6.07) is 2.66. The van der Waals surface area contributed by atoms with E-state index in [-0.39, 0.29) is 12.8 Å². The van der Waals surface area contributed by atoms with Crippen LogP contribution in [0.5, 0.6) is 0 Å². The van der Waals surface area contributed by atoms with Crippen molar-refractivity contribution in [1.29, 1.82) is 5.26 Å². The summed E-state index contributed by atoms with van der Waals surface area (Å²) in [5.74, 6) is -0.590. The molecular weight excluding hydrogens is 253 g/mol. The van der Waals surface area contributed by atoms with Gasteiger partial charge in [-0.25, -0.2) is 0 Å². The molecule has 2 nitrogen and oxygen atoms in total. The standard InChI is InChI=1S/C14H21F3N2/c15-14(16,17)12-6-9-19(10-7-12)13-3-1-11(2-4-13)5-8-18/h11-13H,1-7,9-10H2. The van der Waals surface area contributed by atoms with Gasteiger partial charge in [0.05, 0.1) is 12.0 Å². The molecule has 0 atom stereocenters. The van der Waals surface area contributed by atoms with Crippen molar-refractivity contribution in [3.8, 4) is 6.07 Å². The highest BCUT2D eigenvalue weighted by molar-refractivity contribution is 4.87. The van der Waals surface area contributed by atoms with Crippen LogP contribution < -0.4 is 0 Å². The number of nitriles is 1. The fourth-order valence-corrected chi connectivity index (χ4v) is 3.44. The molecule has 1 saturated carbocycles. The molecule has 1 heterocycles. The van der Waals surface area contributed by atoms with Gasteiger partial charge in [0.25, 0.3) is 0 Å². The van der Waals surface area contributed by atoms with E-state index < -0.39 is 12.1 Å². The van der Waals surface area contributed by atoms with E-state index in [4.69, 9.17) is 5.26 Å². The summed E-state index contributed by atoms with van der Waals surface area (Å²) in [6.45, 7) is 1.16. The summed E-state index contributed by atoms with van der Waals surface area (Å²) in [6.07, 6.45) is 1.31. The van der Waals surface area contributed by atoms with Crippen LogP contribution in [0, 0.1) is 23.2 Å². The van der Waals surface area contributed by atoms with E-state index in [1.54, 1.807) is 0 Å². The Bertz CT molecular complexity index is 319. The maximum atomic E-state index is 12.6. The Hall–Kier alpha value is -0.760. The van der Waals surface area contributed by atoms with Crippen molar-refractivity contribution in [1.82, 2.24) is 4.90 Å². The Labute approximate surface area is 112 Å².